The first-order valence-electron chi connectivity index (χ1n) is 3.82. The zero-order chi connectivity index (χ0) is 6.91. The maximum Gasteiger partial charge on any atom is 0.0622 e. The van der Waals surface area contributed by atoms with Crippen LogP contribution in [0.5, 0.6) is 0 Å². The van der Waals surface area contributed by atoms with Crippen LogP contribution in [0.2, 0.25) is 0 Å². The highest BCUT2D eigenvalue weighted by molar-refractivity contribution is 4.79. The highest BCUT2D eigenvalue weighted by Crippen LogP contribution is 2.31. The summed E-state index contributed by atoms with van der Waals surface area (Å²) in [5, 5.41) is 9.54. The Morgan fingerprint density at radius 1 is 1.56 bits per heavy atom. The molecule has 1 nitrogen and oxygen atoms in total. The Morgan fingerprint density at radius 3 is 2.56 bits per heavy atom. The molecule has 2 atom stereocenters. The lowest BCUT2D eigenvalue weighted by atomic mass is 9.80. The fourth-order valence-corrected chi connectivity index (χ4v) is 1.79. The second-order valence-electron chi connectivity index (χ2n) is 3.70. The summed E-state index contributed by atoms with van der Waals surface area (Å²) in [6, 6.07) is 0. The van der Waals surface area contributed by atoms with Crippen LogP contribution >= 0.6 is 0 Å². The van der Waals surface area contributed by atoms with Crippen LogP contribution in [0.25, 0.3) is 0 Å². The molecule has 1 rings (SSSR count). The minimum Gasteiger partial charge on any atom is -0.390 e. The maximum atomic E-state index is 9.54. The minimum absolute atomic E-state index is 0.350. The molecule has 1 aliphatic carbocycles. The molecular formula is C8H16O. The van der Waals surface area contributed by atoms with Gasteiger partial charge in [0.05, 0.1) is 5.60 Å². The molecule has 0 aliphatic heterocycles. The highest BCUT2D eigenvalue weighted by atomic mass is 16.3. The van der Waals surface area contributed by atoms with Crippen LogP contribution in [0.15, 0.2) is 0 Å². The van der Waals surface area contributed by atoms with Crippen LogP contribution in [0.3, 0.4) is 0 Å². The Morgan fingerprint density at radius 2 is 2.22 bits per heavy atom. The van der Waals surface area contributed by atoms with E-state index in [1.165, 1.54) is 12.8 Å². The molecule has 0 aromatic rings. The Labute approximate surface area is 57.1 Å². The van der Waals surface area contributed by atoms with Crippen molar-refractivity contribution in [2.24, 2.45) is 5.92 Å². The largest absolute Gasteiger partial charge is 0.390 e. The van der Waals surface area contributed by atoms with Crippen molar-refractivity contribution in [1.29, 1.82) is 0 Å². The van der Waals surface area contributed by atoms with Crippen molar-refractivity contribution in [3.63, 3.8) is 0 Å². The molecule has 54 valence electrons. The van der Waals surface area contributed by atoms with Gasteiger partial charge in [-0.2, -0.15) is 0 Å². The summed E-state index contributed by atoms with van der Waals surface area (Å²) in [4.78, 5) is 0. The zero-order valence-electron chi connectivity index (χ0n) is 6.35. The fraction of sp³-hybridized carbons (Fsp3) is 1.00. The molecule has 0 heterocycles. The van der Waals surface area contributed by atoms with Crippen LogP contribution in [0.4, 0.5) is 0 Å². The van der Waals surface area contributed by atoms with Crippen molar-refractivity contribution < 1.29 is 5.11 Å². The average Bonchev–Trinajstić information content (AvgIpc) is 1.60. The van der Waals surface area contributed by atoms with Gasteiger partial charge in [0.15, 0.2) is 0 Å². The third-order valence-electron chi connectivity index (χ3n) is 2.20. The number of aliphatic hydroxyl groups is 1. The van der Waals surface area contributed by atoms with Crippen LogP contribution in [0.1, 0.15) is 39.5 Å². The molecule has 1 aliphatic rings. The zero-order valence-corrected chi connectivity index (χ0v) is 6.35. The second-order valence-corrected chi connectivity index (χ2v) is 3.70. The summed E-state index contributed by atoms with van der Waals surface area (Å²) in [6.45, 7) is 4.16. The number of rotatable bonds is 0. The van der Waals surface area contributed by atoms with Gasteiger partial charge in [-0.05, 0) is 25.7 Å². The molecule has 1 saturated carbocycles. The van der Waals surface area contributed by atoms with Gasteiger partial charge in [-0.15, -0.1) is 0 Å². The van der Waals surface area contributed by atoms with Crippen LogP contribution in [0, 0.1) is 5.92 Å². The Kier molecular flexibility index (Phi) is 1.80. The van der Waals surface area contributed by atoms with E-state index in [9.17, 15) is 5.11 Å². The van der Waals surface area contributed by atoms with E-state index in [1.54, 1.807) is 0 Å². The monoisotopic (exact) mass is 128 g/mol. The van der Waals surface area contributed by atoms with Gasteiger partial charge in [-0.1, -0.05) is 19.8 Å². The topological polar surface area (TPSA) is 20.2 Å². The molecule has 1 N–H and O–H groups in total. The molecule has 0 saturated heterocycles. The molecule has 0 amide bonds. The molecule has 1 fully saturated rings. The lowest BCUT2D eigenvalue weighted by Gasteiger charge is -2.31. The van der Waals surface area contributed by atoms with Gasteiger partial charge in [0, 0.05) is 0 Å². The number of hydrogen-bond donors (Lipinski definition) is 1. The quantitative estimate of drug-likeness (QED) is 0.528. The lowest BCUT2D eigenvalue weighted by molar-refractivity contribution is 0.00461. The van der Waals surface area contributed by atoms with E-state index in [4.69, 9.17) is 0 Å². The van der Waals surface area contributed by atoms with Gasteiger partial charge >= 0.3 is 0 Å². The first kappa shape index (κ1) is 7.07. The summed E-state index contributed by atoms with van der Waals surface area (Å²) in [5.74, 6) is 0.730. The Balaban J connectivity index is 2.41. The summed E-state index contributed by atoms with van der Waals surface area (Å²) >= 11 is 0. The summed E-state index contributed by atoms with van der Waals surface area (Å²) in [6.07, 6.45) is 4.49. The molecule has 0 aromatic heterocycles. The highest BCUT2D eigenvalue weighted by Gasteiger charge is 2.26. The van der Waals surface area contributed by atoms with Crippen molar-refractivity contribution >= 4 is 0 Å². The molecule has 9 heavy (non-hydrogen) atoms. The average molecular weight is 128 g/mol. The van der Waals surface area contributed by atoms with Crippen LogP contribution < -0.4 is 0 Å². The molecule has 0 aromatic carbocycles. The third-order valence-corrected chi connectivity index (χ3v) is 2.20. The Hall–Kier alpha value is -0.0400. The van der Waals surface area contributed by atoms with E-state index in [0.717, 1.165) is 18.8 Å². The van der Waals surface area contributed by atoms with Gasteiger partial charge in [-0.3, -0.25) is 0 Å². The van der Waals surface area contributed by atoms with Crippen molar-refractivity contribution in [2.75, 3.05) is 0 Å². The maximum absolute atomic E-state index is 9.54. The van der Waals surface area contributed by atoms with E-state index >= 15 is 0 Å². The van der Waals surface area contributed by atoms with Crippen LogP contribution in [-0.4, -0.2) is 10.7 Å². The van der Waals surface area contributed by atoms with E-state index < -0.39 is 0 Å². The van der Waals surface area contributed by atoms with E-state index in [0.29, 0.717) is 0 Å². The fourth-order valence-electron chi connectivity index (χ4n) is 1.79. The first-order chi connectivity index (χ1) is 4.10. The van der Waals surface area contributed by atoms with E-state index in [1.807, 2.05) is 6.92 Å². The molecule has 1 heteroatoms. The van der Waals surface area contributed by atoms with Crippen molar-refractivity contribution in [3.05, 3.63) is 0 Å². The van der Waals surface area contributed by atoms with Crippen molar-refractivity contribution in [3.8, 4) is 0 Å². The molecular weight excluding hydrogens is 112 g/mol. The smallest absolute Gasteiger partial charge is 0.0622 e. The standard InChI is InChI=1S/C8H16O/c1-7-4-3-5-8(2,9)6-7/h7,9H,3-6H2,1-2H3/t7-,8+/m0/s1. The summed E-state index contributed by atoms with van der Waals surface area (Å²) in [7, 11) is 0. The molecule has 0 spiro atoms. The predicted molar refractivity (Wildman–Crippen MR) is 38.3 cm³/mol. The van der Waals surface area contributed by atoms with Gasteiger partial charge < -0.3 is 5.11 Å². The minimum atomic E-state index is -0.350. The van der Waals surface area contributed by atoms with Crippen molar-refractivity contribution in [2.45, 2.75) is 45.1 Å². The van der Waals surface area contributed by atoms with Gasteiger partial charge in [0.2, 0.25) is 0 Å². The number of hydrogen-bond acceptors (Lipinski definition) is 1. The lowest BCUT2D eigenvalue weighted by Crippen LogP contribution is -2.30. The molecule has 0 radical (unpaired) electrons. The second kappa shape index (κ2) is 2.30. The van der Waals surface area contributed by atoms with Crippen molar-refractivity contribution in [1.82, 2.24) is 0 Å². The Bertz CT molecular complexity index is 96.7. The van der Waals surface area contributed by atoms with Gasteiger partial charge in [0.25, 0.3) is 0 Å². The van der Waals surface area contributed by atoms with E-state index in [-0.39, 0.29) is 5.60 Å². The SMILES string of the molecule is C[C@H]1CCC[C@@](C)(O)C1. The molecule has 0 bridgehead atoms. The normalized spacial score (nSPS) is 45.0. The van der Waals surface area contributed by atoms with Gasteiger partial charge in [0.1, 0.15) is 0 Å². The predicted octanol–water partition coefficient (Wildman–Crippen LogP) is 1.95. The third kappa shape index (κ3) is 1.98. The molecule has 0 unspecified atom stereocenters. The first-order valence-corrected chi connectivity index (χ1v) is 3.82. The van der Waals surface area contributed by atoms with E-state index in [2.05, 4.69) is 6.92 Å². The van der Waals surface area contributed by atoms with Gasteiger partial charge in [-0.25, -0.2) is 0 Å². The summed E-state index contributed by atoms with van der Waals surface area (Å²) < 4.78 is 0. The summed E-state index contributed by atoms with van der Waals surface area (Å²) in [5.41, 5.74) is -0.350. The van der Waals surface area contributed by atoms with Crippen LogP contribution in [-0.2, 0) is 0 Å².